The van der Waals surface area contributed by atoms with Crippen LogP contribution in [0.25, 0.3) is 22.4 Å². The van der Waals surface area contributed by atoms with E-state index in [0.717, 1.165) is 38.2 Å². The first-order chi connectivity index (χ1) is 15.6. The van der Waals surface area contributed by atoms with Gasteiger partial charge in [-0.05, 0) is 66.2 Å². The lowest BCUT2D eigenvalue weighted by atomic mass is 10.2. The van der Waals surface area contributed by atoms with Gasteiger partial charge in [0.15, 0.2) is 0 Å². The van der Waals surface area contributed by atoms with Crippen molar-refractivity contribution >= 4 is 32.7 Å². The van der Waals surface area contributed by atoms with E-state index in [-0.39, 0.29) is 0 Å². The Hall–Kier alpha value is -3.77. The predicted octanol–water partition coefficient (Wildman–Crippen LogP) is 6.95. The number of nitrogens with zero attached hydrogens (tertiary/aromatic N) is 1. The Kier molecular flexibility index (Phi) is 5.52. The van der Waals surface area contributed by atoms with E-state index < -0.39 is 0 Å². The Morgan fingerprint density at radius 2 is 1.62 bits per heavy atom. The topological polar surface area (TPSA) is 73.2 Å². The van der Waals surface area contributed by atoms with Crippen LogP contribution in [0.1, 0.15) is 5.56 Å². The van der Waals surface area contributed by atoms with Gasteiger partial charge in [-0.1, -0.05) is 46.3 Å². The van der Waals surface area contributed by atoms with E-state index in [4.69, 9.17) is 15.2 Å². The summed E-state index contributed by atoms with van der Waals surface area (Å²) in [6.07, 6.45) is 0. The van der Waals surface area contributed by atoms with Crippen LogP contribution in [-0.2, 0) is 6.61 Å². The van der Waals surface area contributed by atoms with Crippen molar-refractivity contribution in [3.8, 4) is 28.6 Å². The number of fused-ring (bicyclic) bond motifs is 1. The molecule has 0 saturated heterocycles. The average molecular weight is 486 g/mol. The standard InChI is InChI=1S/C26H20BrN3O2/c27-19-7-12-23-24(15-19)30-26(29-23)18-6-13-25(22(28)14-18)32-21-10-8-20(9-11-21)31-16-17-4-2-1-3-5-17/h1-15H,16,28H2,(H,29,30). The number of ether oxygens (including phenoxy) is 2. The molecular formula is C26H20BrN3O2. The Labute approximate surface area is 194 Å². The number of H-pyrrole nitrogens is 1. The number of hydrogen-bond acceptors (Lipinski definition) is 4. The van der Waals surface area contributed by atoms with Crippen LogP contribution in [0.3, 0.4) is 0 Å². The Morgan fingerprint density at radius 3 is 2.41 bits per heavy atom. The van der Waals surface area contributed by atoms with Gasteiger partial charge in [-0.2, -0.15) is 0 Å². The number of nitrogen functional groups attached to an aromatic ring is 1. The molecule has 0 fully saturated rings. The van der Waals surface area contributed by atoms with Crippen molar-refractivity contribution in [2.45, 2.75) is 6.61 Å². The fourth-order valence-corrected chi connectivity index (χ4v) is 3.74. The molecule has 5 nitrogen and oxygen atoms in total. The zero-order valence-corrected chi connectivity index (χ0v) is 18.7. The van der Waals surface area contributed by atoms with Gasteiger partial charge in [0.05, 0.1) is 16.7 Å². The van der Waals surface area contributed by atoms with Crippen molar-refractivity contribution < 1.29 is 9.47 Å². The number of benzene rings is 4. The third-order valence-corrected chi connectivity index (χ3v) is 5.52. The fourth-order valence-electron chi connectivity index (χ4n) is 3.38. The maximum atomic E-state index is 6.27. The Bertz CT molecular complexity index is 1370. The number of hydrogen-bond donors (Lipinski definition) is 2. The van der Waals surface area contributed by atoms with E-state index in [1.165, 1.54) is 0 Å². The van der Waals surface area contributed by atoms with Gasteiger partial charge in [-0.3, -0.25) is 0 Å². The second-order valence-corrected chi connectivity index (χ2v) is 8.26. The molecule has 1 heterocycles. The highest BCUT2D eigenvalue weighted by Crippen LogP contribution is 2.32. The van der Waals surface area contributed by atoms with Crippen molar-refractivity contribution in [1.82, 2.24) is 9.97 Å². The van der Waals surface area contributed by atoms with Crippen LogP contribution in [0.4, 0.5) is 5.69 Å². The molecule has 6 heteroatoms. The number of anilines is 1. The maximum Gasteiger partial charge on any atom is 0.150 e. The Balaban J connectivity index is 1.28. The molecule has 0 aliphatic carbocycles. The average Bonchev–Trinajstić information content (AvgIpc) is 3.24. The molecule has 5 aromatic rings. The molecule has 0 saturated carbocycles. The van der Waals surface area contributed by atoms with Crippen molar-refractivity contribution in [3.05, 3.63) is 101 Å². The van der Waals surface area contributed by atoms with Crippen LogP contribution in [0.15, 0.2) is 95.5 Å². The summed E-state index contributed by atoms with van der Waals surface area (Å²) in [6, 6.07) is 29.1. The van der Waals surface area contributed by atoms with Crippen molar-refractivity contribution in [3.63, 3.8) is 0 Å². The molecular weight excluding hydrogens is 466 g/mol. The molecule has 0 aliphatic heterocycles. The van der Waals surface area contributed by atoms with Gasteiger partial charge in [0.1, 0.15) is 29.7 Å². The summed E-state index contributed by atoms with van der Waals surface area (Å²) in [7, 11) is 0. The molecule has 4 aromatic carbocycles. The van der Waals surface area contributed by atoms with Crippen molar-refractivity contribution in [2.75, 3.05) is 5.73 Å². The van der Waals surface area contributed by atoms with Gasteiger partial charge in [-0.15, -0.1) is 0 Å². The molecule has 1 aromatic heterocycles. The number of halogens is 1. The van der Waals surface area contributed by atoms with E-state index in [9.17, 15) is 0 Å². The monoisotopic (exact) mass is 485 g/mol. The summed E-state index contributed by atoms with van der Waals surface area (Å²) in [5, 5.41) is 0. The summed E-state index contributed by atoms with van der Waals surface area (Å²) in [5.41, 5.74) is 10.7. The van der Waals surface area contributed by atoms with Crippen molar-refractivity contribution in [2.24, 2.45) is 0 Å². The SMILES string of the molecule is Nc1cc(-c2nc3ccc(Br)cc3[nH]2)ccc1Oc1ccc(OCc2ccccc2)cc1. The van der Waals surface area contributed by atoms with Crippen LogP contribution >= 0.6 is 15.9 Å². The van der Waals surface area contributed by atoms with E-state index >= 15 is 0 Å². The maximum absolute atomic E-state index is 6.27. The quantitative estimate of drug-likeness (QED) is 0.255. The second kappa shape index (κ2) is 8.77. The van der Waals surface area contributed by atoms with Gasteiger partial charge in [0, 0.05) is 10.0 Å². The lowest BCUT2D eigenvalue weighted by Gasteiger charge is -2.11. The second-order valence-electron chi connectivity index (χ2n) is 7.35. The van der Waals surface area contributed by atoms with Gasteiger partial charge < -0.3 is 20.2 Å². The molecule has 158 valence electrons. The molecule has 32 heavy (non-hydrogen) atoms. The van der Waals surface area contributed by atoms with Crippen molar-refractivity contribution in [1.29, 1.82) is 0 Å². The van der Waals surface area contributed by atoms with E-state index in [1.54, 1.807) is 0 Å². The smallest absolute Gasteiger partial charge is 0.150 e. The third kappa shape index (κ3) is 4.45. The van der Waals surface area contributed by atoms with E-state index in [2.05, 4.69) is 25.9 Å². The third-order valence-electron chi connectivity index (χ3n) is 5.03. The predicted molar refractivity (Wildman–Crippen MR) is 131 cm³/mol. The largest absolute Gasteiger partial charge is 0.489 e. The van der Waals surface area contributed by atoms with E-state index in [1.807, 2.05) is 91.0 Å². The first kappa shape index (κ1) is 20.2. The fraction of sp³-hybridized carbons (Fsp3) is 0.0385. The first-order valence-corrected chi connectivity index (χ1v) is 10.9. The highest BCUT2D eigenvalue weighted by atomic mass is 79.9. The number of imidazole rings is 1. The Morgan fingerprint density at radius 1 is 0.844 bits per heavy atom. The molecule has 0 amide bonds. The molecule has 0 spiro atoms. The molecule has 0 aliphatic rings. The van der Waals surface area contributed by atoms with Gasteiger partial charge >= 0.3 is 0 Å². The number of nitrogens with two attached hydrogens (primary N) is 1. The van der Waals surface area contributed by atoms with Crippen LogP contribution in [0.5, 0.6) is 17.2 Å². The van der Waals surface area contributed by atoms with Gasteiger partial charge in [0.25, 0.3) is 0 Å². The minimum atomic E-state index is 0.522. The van der Waals surface area contributed by atoms with Crippen LogP contribution in [-0.4, -0.2) is 9.97 Å². The molecule has 5 rings (SSSR count). The lowest BCUT2D eigenvalue weighted by molar-refractivity contribution is 0.306. The summed E-state index contributed by atoms with van der Waals surface area (Å²) >= 11 is 3.48. The minimum absolute atomic E-state index is 0.522. The highest BCUT2D eigenvalue weighted by molar-refractivity contribution is 9.10. The summed E-state index contributed by atoms with van der Waals surface area (Å²) in [5.74, 6) is 2.81. The number of rotatable bonds is 6. The van der Waals surface area contributed by atoms with Gasteiger partial charge in [0.2, 0.25) is 0 Å². The normalized spacial score (nSPS) is 10.9. The van der Waals surface area contributed by atoms with Crippen LogP contribution in [0, 0.1) is 0 Å². The molecule has 3 N–H and O–H groups in total. The number of aromatic nitrogens is 2. The van der Waals surface area contributed by atoms with E-state index in [0.29, 0.717) is 23.8 Å². The van der Waals surface area contributed by atoms with Crippen LogP contribution < -0.4 is 15.2 Å². The zero-order chi connectivity index (χ0) is 21.9. The lowest BCUT2D eigenvalue weighted by Crippen LogP contribution is -1.95. The highest BCUT2D eigenvalue weighted by Gasteiger charge is 2.10. The molecule has 0 unspecified atom stereocenters. The summed E-state index contributed by atoms with van der Waals surface area (Å²) in [6.45, 7) is 0.522. The summed E-state index contributed by atoms with van der Waals surface area (Å²) < 4.78 is 12.8. The molecule has 0 radical (unpaired) electrons. The zero-order valence-electron chi connectivity index (χ0n) is 17.1. The first-order valence-electron chi connectivity index (χ1n) is 10.1. The van der Waals surface area contributed by atoms with Gasteiger partial charge in [-0.25, -0.2) is 4.98 Å². The molecule has 0 atom stereocenters. The number of nitrogens with one attached hydrogen (secondary N) is 1. The minimum Gasteiger partial charge on any atom is -0.489 e. The number of aromatic amines is 1. The van der Waals surface area contributed by atoms with Crippen LogP contribution in [0.2, 0.25) is 0 Å². The molecule has 0 bridgehead atoms. The summed E-state index contributed by atoms with van der Waals surface area (Å²) in [4.78, 5) is 7.97.